The molecule has 1 atom stereocenters. The van der Waals surface area contributed by atoms with Gasteiger partial charge in [-0.1, -0.05) is 48.0 Å². The van der Waals surface area contributed by atoms with Crippen molar-refractivity contribution >= 4 is 70.1 Å². The number of rotatable bonds is 10. The number of halogens is 1. The zero-order valence-electron chi connectivity index (χ0n) is 23.4. The highest BCUT2D eigenvalue weighted by atomic mass is 35.5. The summed E-state index contributed by atoms with van der Waals surface area (Å²) in [6, 6.07) is 29.5. The van der Waals surface area contributed by atoms with Crippen LogP contribution in [0, 0.1) is 0 Å². The van der Waals surface area contributed by atoms with Gasteiger partial charge >= 0.3 is 0 Å². The Hall–Kier alpha value is -4.86. The van der Waals surface area contributed by atoms with Crippen LogP contribution in [0.3, 0.4) is 0 Å². The average Bonchev–Trinajstić information content (AvgIpc) is 3.00. The van der Waals surface area contributed by atoms with Crippen molar-refractivity contribution in [1.82, 2.24) is 5.32 Å². The summed E-state index contributed by atoms with van der Waals surface area (Å²) in [5.41, 5.74) is 2.77. The second-order valence-corrected chi connectivity index (χ2v) is 11.2. The Morgan fingerprint density at radius 2 is 1.28 bits per heavy atom. The second-order valence-electron chi connectivity index (χ2n) is 9.39. The minimum absolute atomic E-state index is 0.0239. The van der Waals surface area contributed by atoms with Crippen LogP contribution in [0.5, 0.6) is 0 Å². The molecule has 1 unspecified atom stereocenters. The van der Waals surface area contributed by atoms with Crippen molar-refractivity contribution in [2.45, 2.75) is 24.0 Å². The molecule has 4 amide bonds. The Balaban J connectivity index is 1.40. The Bertz CT molecular complexity index is 1640. The van der Waals surface area contributed by atoms with E-state index in [0.29, 0.717) is 33.2 Å². The summed E-state index contributed by atoms with van der Waals surface area (Å²) < 4.78 is 0. The van der Waals surface area contributed by atoms with E-state index in [2.05, 4.69) is 21.3 Å². The van der Waals surface area contributed by atoms with Crippen LogP contribution in [-0.2, 0) is 14.4 Å². The highest BCUT2D eigenvalue weighted by Crippen LogP contribution is 2.26. The quantitative estimate of drug-likeness (QED) is 0.116. The fourth-order valence-corrected chi connectivity index (χ4v) is 4.90. The lowest BCUT2D eigenvalue weighted by Gasteiger charge is -2.14. The molecular weight excluding hydrogens is 584 g/mol. The number of carbonyl (C=O) groups excluding carboxylic acids is 4. The van der Waals surface area contributed by atoms with Crippen molar-refractivity contribution < 1.29 is 19.2 Å². The van der Waals surface area contributed by atoms with Crippen molar-refractivity contribution in [3.8, 4) is 0 Å². The molecule has 0 aliphatic carbocycles. The predicted molar refractivity (Wildman–Crippen MR) is 173 cm³/mol. The molecule has 0 saturated heterocycles. The molecule has 0 radical (unpaired) electrons. The average molecular weight is 613 g/mol. The first kappa shape index (κ1) is 31.1. The maximum absolute atomic E-state index is 13.3. The lowest BCUT2D eigenvalue weighted by Crippen LogP contribution is -2.30. The third-order valence-electron chi connectivity index (χ3n) is 6.00. The number of benzene rings is 4. The number of anilines is 3. The number of carbonyl (C=O) groups is 4. The van der Waals surface area contributed by atoms with Crippen LogP contribution in [0.4, 0.5) is 17.1 Å². The lowest BCUT2D eigenvalue weighted by atomic mass is 10.1. The van der Waals surface area contributed by atoms with Crippen LogP contribution >= 0.6 is 23.4 Å². The van der Waals surface area contributed by atoms with Crippen molar-refractivity contribution in [2.75, 3.05) is 16.0 Å². The van der Waals surface area contributed by atoms with Gasteiger partial charge in [-0.3, -0.25) is 19.2 Å². The summed E-state index contributed by atoms with van der Waals surface area (Å²) in [4.78, 5) is 50.9. The molecule has 8 nitrogen and oxygen atoms in total. The SMILES string of the molecule is CC(=O)Nc1ccc(NC(=O)C(C)Sc2ccc(NC(=O)/C(=C/c3ccccc3Cl)NC(=O)c3ccccc3)cc2)cc1. The van der Waals surface area contributed by atoms with Crippen molar-refractivity contribution in [3.63, 3.8) is 0 Å². The van der Waals surface area contributed by atoms with Crippen LogP contribution in [0.25, 0.3) is 6.08 Å². The van der Waals surface area contributed by atoms with E-state index in [1.54, 1.807) is 110 Å². The fourth-order valence-electron chi connectivity index (χ4n) is 3.85. The Kier molecular flexibility index (Phi) is 10.7. The van der Waals surface area contributed by atoms with Gasteiger partial charge in [-0.2, -0.15) is 0 Å². The van der Waals surface area contributed by atoms with Gasteiger partial charge in [0.25, 0.3) is 11.8 Å². The van der Waals surface area contributed by atoms with E-state index in [4.69, 9.17) is 11.6 Å². The molecule has 0 aromatic heterocycles. The monoisotopic (exact) mass is 612 g/mol. The standard InChI is InChI=1S/C33H29ClN4O4S/c1-21(31(40)36-26-14-12-25(13-15-26)35-22(2)39)43-28-18-16-27(17-19-28)37-33(42)30(20-24-10-6-7-11-29(24)34)38-32(41)23-8-4-3-5-9-23/h3-21H,1-2H3,(H,35,39)(H,36,40)(H,37,42)(H,38,41)/b30-20-. The summed E-state index contributed by atoms with van der Waals surface area (Å²) >= 11 is 7.66. The van der Waals surface area contributed by atoms with Crippen LogP contribution < -0.4 is 21.3 Å². The number of nitrogens with one attached hydrogen (secondary N) is 4. The molecule has 0 aliphatic rings. The van der Waals surface area contributed by atoms with Crippen molar-refractivity contribution in [1.29, 1.82) is 0 Å². The van der Waals surface area contributed by atoms with Crippen molar-refractivity contribution in [3.05, 3.63) is 125 Å². The fraction of sp³-hybridized carbons (Fsp3) is 0.0909. The van der Waals surface area contributed by atoms with Gasteiger partial charge in [-0.15, -0.1) is 11.8 Å². The number of hydrogen-bond donors (Lipinski definition) is 4. The third kappa shape index (κ3) is 9.32. The number of amides is 4. The van der Waals surface area contributed by atoms with E-state index in [1.165, 1.54) is 24.8 Å². The highest BCUT2D eigenvalue weighted by Gasteiger charge is 2.17. The molecule has 0 heterocycles. The smallest absolute Gasteiger partial charge is 0.272 e. The summed E-state index contributed by atoms with van der Waals surface area (Å²) in [7, 11) is 0. The first-order valence-electron chi connectivity index (χ1n) is 13.3. The van der Waals surface area contributed by atoms with Crippen LogP contribution in [0.2, 0.25) is 5.02 Å². The molecule has 4 aromatic carbocycles. The topological polar surface area (TPSA) is 116 Å². The molecule has 0 aliphatic heterocycles. The molecule has 4 rings (SSSR count). The summed E-state index contributed by atoms with van der Waals surface area (Å²) in [6.07, 6.45) is 1.52. The predicted octanol–water partition coefficient (Wildman–Crippen LogP) is 6.83. The molecule has 0 saturated carbocycles. The summed E-state index contributed by atoms with van der Waals surface area (Å²) in [6.45, 7) is 3.22. The van der Waals surface area contributed by atoms with Crippen LogP contribution in [-0.4, -0.2) is 28.9 Å². The molecule has 43 heavy (non-hydrogen) atoms. The molecule has 0 bridgehead atoms. The maximum Gasteiger partial charge on any atom is 0.272 e. The largest absolute Gasteiger partial charge is 0.326 e. The van der Waals surface area contributed by atoms with E-state index in [-0.39, 0.29) is 17.5 Å². The molecular formula is C33H29ClN4O4S. The van der Waals surface area contributed by atoms with E-state index in [9.17, 15) is 19.2 Å². The summed E-state index contributed by atoms with van der Waals surface area (Å²) in [5, 5.41) is 11.1. The Morgan fingerprint density at radius 1 is 0.721 bits per heavy atom. The van der Waals surface area contributed by atoms with Gasteiger partial charge in [0, 0.05) is 39.5 Å². The number of thioether (sulfide) groups is 1. The zero-order valence-corrected chi connectivity index (χ0v) is 25.0. The number of hydrogen-bond acceptors (Lipinski definition) is 5. The first-order valence-corrected chi connectivity index (χ1v) is 14.5. The molecule has 10 heteroatoms. The van der Waals surface area contributed by atoms with Gasteiger partial charge in [-0.05, 0) is 85.3 Å². The second kappa shape index (κ2) is 14.9. The highest BCUT2D eigenvalue weighted by molar-refractivity contribution is 8.00. The molecule has 0 spiro atoms. The van der Waals surface area contributed by atoms with Gasteiger partial charge in [-0.25, -0.2) is 0 Å². The molecule has 4 N–H and O–H groups in total. The minimum Gasteiger partial charge on any atom is -0.326 e. The van der Waals surface area contributed by atoms with E-state index < -0.39 is 17.1 Å². The third-order valence-corrected chi connectivity index (χ3v) is 7.46. The Labute approximate surface area is 258 Å². The van der Waals surface area contributed by atoms with Gasteiger partial charge in [0.1, 0.15) is 5.70 Å². The van der Waals surface area contributed by atoms with Crippen LogP contribution in [0.1, 0.15) is 29.8 Å². The van der Waals surface area contributed by atoms with E-state index >= 15 is 0 Å². The van der Waals surface area contributed by atoms with Gasteiger partial charge < -0.3 is 21.3 Å². The minimum atomic E-state index is -0.526. The summed E-state index contributed by atoms with van der Waals surface area (Å²) in [5.74, 6) is -1.31. The first-order chi connectivity index (χ1) is 20.7. The lowest BCUT2D eigenvalue weighted by molar-refractivity contribution is -0.115. The van der Waals surface area contributed by atoms with E-state index in [0.717, 1.165) is 4.90 Å². The van der Waals surface area contributed by atoms with Gasteiger partial charge in [0.2, 0.25) is 11.8 Å². The molecule has 218 valence electrons. The molecule has 4 aromatic rings. The normalized spacial score (nSPS) is 11.7. The molecule has 0 fully saturated rings. The van der Waals surface area contributed by atoms with Gasteiger partial charge in [0.05, 0.1) is 5.25 Å². The van der Waals surface area contributed by atoms with Crippen LogP contribution in [0.15, 0.2) is 114 Å². The zero-order chi connectivity index (χ0) is 30.8. The Morgan fingerprint density at radius 3 is 1.91 bits per heavy atom. The van der Waals surface area contributed by atoms with Crippen molar-refractivity contribution in [2.24, 2.45) is 0 Å². The van der Waals surface area contributed by atoms with Gasteiger partial charge in [0.15, 0.2) is 0 Å². The maximum atomic E-state index is 13.3. The van der Waals surface area contributed by atoms with E-state index in [1.807, 2.05) is 0 Å².